The lowest BCUT2D eigenvalue weighted by Gasteiger charge is -2.32. The molecule has 1 aromatic carbocycles. The molecule has 1 aliphatic heterocycles. The number of benzene rings is 1. The van der Waals surface area contributed by atoms with Crippen LogP contribution in [0.15, 0.2) is 35.4 Å². The molecule has 1 aliphatic rings. The fourth-order valence-corrected chi connectivity index (χ4v) is 3.42. The maximum atomic E-state index is 12.7. The minimum absolute atomic E-state index is 0.0000432. The van der Waals surface area contributed by atoms with Crippen molar-refractivity contribution in [2.75, 3.05) is 13.7 Å². The summed E-state index contributed by atoms with van der Waals surface area (Å²) in [6.45, 7) is 1.05. The number of amides is 1. The summed E-state index contributed by atoms with van der Waals surface area (Å²) in [5.74, 6) is 1.29. The fourth-order valence-electron chi connectivity index (χ4n) is 3.42. The predicted octanol–water partition coefficient (Wildman–Crippen LogP) is 0.937. The zero-order valence-corrected chi connectivity index (χ0v) is 14.9. The Morgan fingerprint density at radius 3 is 2.85 bits per heavy atom. The molecule has 27 heavy (non-hydrogen) atoms. The van der Waals surface area contributed by atoms with E-state index in [1.165, 1.54) is 0 Å². The highest BCUT2D eigenvalue weighted by Crippen LogP contribution is 2.32. The van der Waals surface area contributed by atoms with Crippen LogP contribution in [0.3, 0.4) is 0 Å². The van der Waals surface area contributed by atoms with Gasteiger partial charge in [0.1, 0.15) is 11.6 Å². The molecule has 9 nitrogen and oxygen atoms in total. The minimum atomic E-state index is -0.364. The maximum absolute atomic E-state index is 12.7. The number of rotatable bonds is 5. The van der Waals surface area contributed by atoms with E-state index in [1.54, 1.807) is 13.4 Å². The first-order valence-electron chi connectivity index (χ1n) is 8.71. The van der Waals surface area contributed by atoms with Gasteiger partial charge >= 0.3 is 5.69 Å². The summed E-state index contributed by atoms with van der Waals surface area (Å²) in [7, 11) is 1.63. The highest BCUT2D eigenvalue weighted by Gasteiger charge is 2.31. The molecule has 0 radical (unpaired) electrons. The molecule has 4 rings (SSSR count). The van der Waals surface area contributed by atoms with Gasteiger partial charge in [0.25, 0.3) is 0 Å². The molecule has 0 spiro atoms. The van der Waals surface area contributed by atoms with Crippen molar-refractivity contribution in [3.05, 3.63) is 63.9 Å². The van der Waals surface area contributed by atoms with Crippen LogP contribution in [-0.2, 0) is 17.8 Å². The molecule has 0 saturated carbocycles. The second kappa shape index (κ2) is 7.10. The zero-order valence-electron chi connectivity index (χ0n) is 14.9. The van der Waals surface area contributed by atoms with Crippen LogP contribution >= 0.6 is 0 Å². The van der Waals surface area contributed by atoms with Crippen LogP contribution in [0.1, 0.15) is 35.1 Å². The highest BCUT2D eigenvalue weighted by atomic mass is 16.5. The van der Waals surface area contributed by atoms with Crippen LogP contribution in [0, 0.1) is 0 Å². The van der Waals surface area contributed by atoms with Crippen molar-refractivity contribution in [2.24, 2.45) is 0 Å². The van der Waals surface area contributed by atoms with Crippen molar-refractivity contribution >= 4 is 5.91 Å². The Balaban J connectivity index is 1.51. The normalized spacial score (nSPS) is 16.2. The van der Waals surface area contributed by atoms with Gasteiger partial charge < -0.3 is 14.6 Å². The molecule has 3 N–H and O–H groups in total. The number of carbonyl (C=O) groups excluding carboxylic acids is 1. The summed E-state index contributed by atoms with van der Waals surface area (Å²) >= 11 is 0. The smallest absolute Gasteiger partial charge is 0.340 e. The van der Waals surface area contributed by atoms with Crippen molar-refractivity contribution < 1.29 is 9.53 Å². The second-order valence-electron chi connectivity index (χ2n) is 6.49. The molecule has 0 fully saturated rings. The van der Waals surface area contributed by atoms with Gasteiger partial charge in [0.2, 0.25) is 5.91 Å². The lowest BCUT2D eigenvalue weighted by molar-refractivity contribution is -0.132. The van der Waals surface area contributed by atoms with Crippen molar-refractivity contribution in [3.8, 4) is 5.75 Å². The van der Waals surface area contributed by atoms with E-state index in [0.29, 0.717) is 25.3 Å². The van der Waals surface area contributed by atoms with E-state index >= 15 is 0 Å². The van der Waals surface area contributed by atoms with Crippen molar-refractivity contribution in [2.45, 2.75) is 25.3 Å². The van der Waals surface area contributed by atoms with Crippen LogP contribution in [-0.4, -0.2) is 49.6 Å². The number of aryl methyl sites for hydroxylation is 1. The quantitative estimate of drug-likeness (QED) is 0.619. The first-order valence-corrected chi connectivity index (χ1v) is 8.71. The number of nitrogens with one attached hydrogen (secondary N) is 3. The van der Waals surface area contributed by atoms with E-state index in [2.05, 4.69) is 25.1 Å². The van der Waals surface area contributed by atoms with Crippen LogP contribution in [0.4, 0.5) is 0 Å². The number of H-pyrrole nitrogens is 3. The Morgan fingerprint density at radius 1 is 1.33 bits per heavy atom. The molecule has 3 aromatic rings. The molecular weight excluding hydrogens is 348 g/mol. The molecular formula is C18H20N6O3. The Morgan fingerprint density at radius 2 is 2.15 bits per heavy atom. The number of ether oxygens (including phenoxy) is 1. The first kappa shape index (κ1) is 17.1. The number of fused-ring (bicyclic) bond motifs is 1. The van der Waals surface area contributed by atoms with Gasteiger partial charge in [-0.3, -0.25) is 9.78 Å². The number of aromatic amines is 3. The third kappa shape index (κ3) is 3.48. The maximum Gasteiger partial charge on any atom is 0.340 e. The number of methoxy groups -OCH3 is 1. The third-order valence-electron chi connectivity index (χ3n) is 4.83. The van der Waals surface area contributed by atoms with Crippen LogP contribution < -0.4 is 10.4 Å². The van der Waals surface area contributed by atoms with Gasteiger partial charge in [0, 0.05) is 25.3 Å². The average Bonchev–Trinajstić information content (AvgIpc) is 3.34. The van der Waals surface area contributed by atoms with Gasteiger partial charge in [-0.1, -0.05) is 12.1 Å². The summed E-state index contributed by atoms with van der Waals surface area (Å²) < 4.78 is 5.23. The molecule has 1 unspecified atom stereocenters. The lowest BCUT2D eigenvalue weighted by Crippen LogP contribution is -2.38. The number of hydrogen-bond donors (Lipinski definition) is 3. The number of hydrogen-bond acceptors (Lipinski definition) is 5. The molecule has 3 heterocycles. The van der Waals surface area contributed by atoms with E-state index < -0.39 is 0 Å². The number of aromatic nitrogens is 5. The van der Waals surface area contributed by atoms with Gasteiger partial charge in [-0.05, 0) is 17.7 Å². The van der Waals surface area contributed by atoms with Gasteiger partial charge in [-0.25, -0.2) is 14.9 Å². The summed E-state index contributed by atoms with van der Waals surface area (Å²) in [5, 5.41) is 6.16. The van der Waals surface area contributed by atoms with E-state index in [1.807, 2.05) is 29.2 Å². The van der Waals surface area contributed by atoms with Gasteiger partial charge in [0.05, 0.1) is 31.4 Å². The monoisotopic (exact) mass is 368 g/mol. The molecule has 1 amide bonds. The average molecular weight is 368 g/mol. The standard InChI is InChI=1S/C18H20N6O3/c1-27-12-4-2-11(3-5-12)13-8-24(9-14-17(13)20-10-19-14)16(25)7-6-15-21-18(26)23-22-15/h2-5,10,13H,6-9H2,1H3,(H,19,20)(H2,21,22,23,26). The largest absolute Gasteiger partial charge is 0.497 e. The molecule has 0 bridgehead atoms. The molecule has 1 atom stereocenters. The van der Waals surface area contributed by atoms with Crippen molar-refractivity contribution in [3.63, 3.8) is 0 Å². The van der Waals surface area contributed by atoms with E-state index in [-0.39, 0.29) is 23.9 Å². The third-order valence-corrected chi connectivity index (χ3v) is 4.83. The Hall–Kier alpha value is -3.36. The van der Waals surface area contributed by atoms with E-state index in [9.17, 15) is 9.59 Å². The van der Waals surface area contributed by atoms with Crippen molar-refractivity contribution in [1.29, 1.82) is 0 Å². The Labute approximate surface area is 154 Å². The summed E-state index contributed by atoms with van der Waals surface area (Å²) in [6.07, 6.45) is 2.33. The Bertz CT molecular complexity index is 987. The molecule has 0 aliphatic carbocycles. The first-order chi connectivity index (χ1) is 13.1. The van der Waals surface area contributed by atoms with E-state index in [4.69, 9.17) is 4.74 Å². The SMILES string of the molecule is COc1ccc(C2CN(C(=O)CCc3n[nH]c(=O)[nH]3)Cc3[nH]cnc32)cc1. The highest BCUT2D eigenvalue weighted by molar-refractivity contribution is 5.76. The molecule has 140 valence electrons. The van der Waals surface area contributed by atoms with Gasteiger partial charge in [-0.15, -0.1) is 0 Å². The minimum Gasteiger partial charge on any atom is -0.497 e. The number of carbonyl (C=O) groups is 1. The molecule has 9 heteroatoms. The van der Waals surface area contributed by atoms with Gasteiger partial charge in [-0.2, -0.15) is 5.10 Å². The lowest BCUT2D eigenvalue weighted by atomic mass is 9.90. The summed E-state index contributed by atoms with van der Waals surface area (Å²) in [4.78, 5) is 35.8. The second-order valence-corrected chi connectivity index (χ2v) is 6.49. The number of imidazole rings is 1. The van der Waals surface area contributed by atoms with Crippen LogP contribution in [0.25, 0.3) is 0 Å². The number of nitrogens with zero attached hydrogens (tertiary/aromatic N) is 3. The topological polar surface area (TPSA) is 120 Å². The summed E-state index contributed by atoms with van der Waals surface area (Å²) in [6, 6.07) is 7.83. The van der Waals surface area contributed by atoms with Gasteiger partial charge in [0.15, 0.2) is 0 Å². The summed E-state index contributed by atoms with van der Waals surface area (Å²) in [5.41, 5.74) is 2.64. The van der Waals surface area contributed by atoms with Crippen LogP contribution in [0.2, 0.25) is 0 Å². The Kier molecular flexibility index (Phi) is 4.49. The fraction of sp³-hybridized carbons (Fsp3) is 0.333. The molecule has 2 aromatic heterocycles. The van der Waals surface area contributed by atoms with Crippen LogP contribution in [0.5, 0.6) is 5.75 Å². The predicted molar refractivity (Wildman–Crippen MR) is 96.4 cm³/mol. The zero-order chi connectivity index (χ0) is 18.8. The van der Waals surface area contributed by atoms with E-state index in [0.717, 1.165) is 22.7 Å². The molecule has 0 saturated heterocycles. The van der Waals surface area contributed by atoms with Crippen molar-refractivity contribution in [1.82, 2.24) is 30.0 Å².